The van der Waals surface area contributed by atoms with Crippen LogP contribution in [-0.2, 0) is 22.2 Å². The van der Waals surface area contributed by atoms with Crippen LogP contribution in [0.1, 0.15) is 21.5 Å². The van der Waals surface area contributed by atoms with Gasteiger partial charge in [0.2, 0.25) is 0 Å². The Balaban J connectivity index is 1.48. The number of aromatic nitrogens is 1. The van der Waals surface area contributed by atoms with Crippen LogP contribution in [0.15, 0.2) is 102 Å². The van der Waals surface area contributed by atoms with Gasteiger partial charge in [0, 0.05) is 29.7 Å². The molecular formula is C27H24N2O5S. The Kier molecular flexibility index (Phi) is 7.42. The van der Waals surface area contributed by atoms with E-state index in [9.17, 15) is 13.2 Å². The van der Waals surface area contributed by atoms with Gasteiger partial charge in [0.15, 0.2) is 21.3 Å². The first kappa shape index (κ1) is 24.0. The summed E-state index contributed by atoms with van der Waals surface area (Å²) in [5.74, 6) is 0.442. The zero-order valence-electron chi connectivity index (χ0n) is 19.0. The fourth-order valence-corrected chi connectivity index (χ4v) is 4.80. The highest BCUT2D eigenvalue weighted by atomic mass is 32.2. The number of sulfone groups is 1. The highest BCUT2D eigenvalue weighted by Gasteiger charge is 2.16. The molecule has 3 aromatic carbocycles. The van der Waals surface area contributed by atoms with E-state index >= 15 is 0 Å². The Morgan fingerprint density at radius 3 is 2.37 bits per heavy atom. The average Bonchev–Trinajstić information content (AvgIpc) is 2.88. The van der Waals surface area contributed by atoms with Crippen LogP contribution in [0.2, 0.25) is 0 Å². The van der Waals surface area contributed by atoms with Gasteiger partial charge < -0.3 is 14.8 Å². The van der Waals surface area contributed by atoms with Crippen molar-refractivity contribution in [2.24, 2.45) is 0 Å². The molecule has 8 heteroatoms. The van der Waals surface area contributed by atoms with Crippen molar-refractivity contribution < 1.29 is 22.7 Å². The molecule has 1 N–H and O–H groups in total. The minimum atomic E-state index is -3.52. The third-order valence-corrected chi connectivity index (χ3v) is 6.92. The average molecular weight is 489 g/mol. The van der Waals surface area contributed by atoms with Gasteiger partial charge in [-0.3, -0.25) is 9.78 Å². The van der Waals surface area contributed by atoms with Crippen LogP contribution in [0.3, 0.4) is 0 Å². The molecule has 7 nitrogen and oxygen atoms in total. The summed E-state index contributed by atoms with van der Waals surface area (Å²) in [6.45, 7) is 0.314. The van der Waals surface area contributed by atoms with Crippen molar-refractivity contribution in [3.05, 3.63) is 114 Å². The Morgan fingerprint density at radius 2 is 1.63 bits per heavy atom. The standard InChI is InChI=1S/C27H24N2O5S/c1-33-25-11-10-23(17-26(25)34-18-20-12-14-28-15-13-20)29-27(30)22-7-5-6-21(16-22)19-35(31,32)24-8-3-2-4-9-24/h2-17H,18-19H2,1H3,(H,29,30). The van der Waals surface area contributed by atoms with Gasteiger partial charge in [-0.25, -0.2) is 8.42 Å². The molecule has 0 saturated heterocycles. The molecule has 0 atom stereocenters. The predicted octanol–water partition coefficient (Wildman–Crippen LogP) is 4.90. The van der Waals surface area contributed by atoms with Crippen molar-refractivity contribution in [2.45, 2.75) is 17.3 Å². The minimum Gasteiger partial charge on any atom is -0.493 e. The predicted molar refractivity (Wildman–Crippen MR) is 133 cm³/mol. The molecule has 0 radical (unpaired) electrons. The highest BCUT2D eigenvalue weighted by molar-refractivity contribution is 7.90. The molecule has 0 aliphatic rings. The number of nitrogens with one attached hydrogen (secondary N) is 1. The molecule has 4 rings (SSSR count). The summed E-state index contributed by atoms with van der Waals surface area (Å²) in [6, 6.07) is 23.6. The lowest BCUT2D eigenvalue weighted by Crippen LogP contribution is -2.13. The van der Waals surface area contributed by atoms with Crippen molar-refractivity contribution >= 4 is 21.4 Å². The Morgan fingerprint density at radius 1 is 0.857 bits per heavy atom. The van der Waals surface area contributed by atoms with Crippen LogP contribution in [0.25, 0.3) is 0 Å². The van der Waals surface area contributed by atoms with Gasteiger partial charge in [0.05, 0.1) is 17.8 Å². The molecule has 1 aromatic heterocycles. The number of hydrogen-bond donors (Lipinski definition) is 1. The monoisotopic (exact) mass is 488 g/mol. The lowest BCUT2D eigenvalue weighted by atomic mass is 10.1. The second-order valence-electron chi connectivity index (χ2n) is 7.74. The van der Waals surface area contributed by atoms with E-state index in [2.05, 4.69) is 10.3 Å². The molecule has 35 heavy (non-hydrogen) atoms. The van der Waals surface area contributed by atoms with Crippen LogP contribution in [0, 0.1) is 0 Å². The minimum absolute atomic E-state index is 0.201. The molecule has 1 amide bonds. The lowest BCUT2D eigenvalue weighted by Gasteiger charge is -2.13. The summed E-state index contributed by atoms with van der Waals surface area (Å²) >= 11 is 0. The fourth-order valence-electron chi connectivity index (χ4n) is 3.44. The first-order valence-electron chi connectivity index (χ1n) is 10.8. The Hall–Kier alpha value is -4.17. The van der Waals surface area contributed by atoms with Crippen LogP contribution >= 0.6 is 0 Å². The summed E-state index contributed by atoms with van der Waals surface area (Å²) in [4.78, 5) is 17.1. The second kappa shape index (κ2) is 10.8. The zero-order valence-corrected chi connectivity index (χ0v) is 19.9. The summed E-state index contributed by atoms with van der Waals surface area (Å²) in [6.07, 6.45) is 3.37. The number of pyridine rings is 1. The maximum atomic E-state index is 12.9. The SMILES string of the molecule is COc1ccc(NC(=O)c2cccc(CS(=O)(=O)c3ccccc3)c2)cc1OCc1ccncc1. The largest absolute Gasteiger partial charge is 0.493 e. The second-order valence-corrected chi connectivity index (χ2v) is 9.73. The van der Waals surface area contributed by atoms with E-state index in [1.54, 1.807) is 92.3 Å². The molecule has 4 aromatic rings. The molecule has 0 aliphatic carbocycles. The number of ether oxygens (including phenoxy) is 2. The number of hydrogen-bond acceptors (Lipinski definition) is 6. The van der Waals surface area contributed by atoms with E-state index in [0.29, 0.717) is 34.9 Å². The number of amides is 1. The van der Waals surface area contributed by atoms with Gasteiger partial charge in [-0.1, -0.05) is 30.3 Å². The number of carbonyl (C=O) groups is 1. The maximum absolute atomic E-state index is 12.9. The van der Waals surface area contributed by atoms with Crippen molar-refractivity contribution in [3.63, 3.8) is 0 Å². The van der Waals surface area contributed by atoms with Crippen molar-refractivity contribution in [2.75, 3.05) is 12.4 Å². The normalized spacial score (nSPS) is 11.0. The van der Waals surface area contributed by atoms with E-state index in [-0.39, 0.29) is 16.6 Å². The smallest absolute Gasteiger partial charge is 0.255 e. The van der Waals surface area contributed by atoms with E-state index in [1.807, 2.05) is 12.1 Å². The number of rotatable bonds is 9. The molecule has 0 unspecified atom stereocenters. The number of benzene rings is 3. The van der Waals surface area contributed by atoms with Gasteiger partial charge in [-0.2, -0.15) is 0 Å². The van der Waals surface area contributed by atoms with Crippen LogP contribution in [0.4, 0.5) is 5.69 Å². The molecule has 0 aliphatic heterocycles. The van der Waals surface area contributed by atoms with E-state index in [4.69, 9.17) is 9.47 Å². The summed E-state index contributed by atoms with van der Waals surface area (Å²) in [7, 11) is -1.98. The molecule has 0 saturated carbocycles. The van der Waals surface area contributed by atoms with Crippen molar-refractivity contribution in [1.82, 2.24) is 4.98 Å². The Bertz CT molecular complexity index is 1410. The van der Waals surface area contributed by atoms with Crippen LogP contribution in [0.5, 0.6) is 11.5 Å². The van der Waals surface area contributed by atoms with E-state index in [0.717, 1.165) is 5.56 Å². The quantitative estimate of drug-likeness (QED) is 0.360. The maximum Gasteiger partial charge on any atom is 0.255 e. The topological polar surface area (TPSA) is 94.6 Å². The molecular weight excluding hydrogens is 464 g/mol. The lowest BCUT2D eigenvalue weighted by molar-refractivity contribution is 0.102. The number of anilines is 1. The number of methoxy groups -OCH3 is 1. The summed E-state index contributed by atoms with van der Waals surface area (Å²) < 4.78 is 36.7. The number of nitrogens with zero attached hydrogens (tertiary/aromatic N) is 1. The van der Waals surface area contributed by atoms with Gasteiger partial charge >= 0.3 is 0 Å². The fraction of sp³-hybridized carbons (Fsp3) is 0.111. The van der Waals surface area contributed by atoms with Gasteiger partial charge in [-0.15, -0.1) is 0 Å². The molecule has 0 spiro atoms. The number of carbonyl (C=O) groups excluding carboxylic acids is 1. The molecule has 0 fully saturated rings. The van der Waals surface area contributed by atoms with Crippen LogP contribution < -0.4 is 14.8 Å². The highest BCUT2D eigenvalue weighted by Crippen LogP contribution is 2.31. The molecule has 0 bridgehead atoms. The van der Waals surface area contributed by atoms with Gasteiger partial charge in [-0.05, 0) is 59.7 Å². The summed E-state index contributed by atoms with van der Waals surface area (Å²) in [5.41, 5.74) is 2.33. The third-order valence-electron chi connectivity index (χ3n) is 5.21. The van der Waals surface area contributed by atoms with Crippen LogP contribution in [-0.4, -0.2) is 26.4 Å². The third kappa shape index (κ3) is 6.24. The molecule has 178 valence electrons. The Labute approximate surface area is 204 Å². The van der Waals surface area contributed by atoms with Gasteiger partial charge in [0.1, 0.15) is 6.61 Å². The van der Waals surface area contributed by atoms with E-state index < -0.39 is 9.84 Å². The van der Waals surface area contributed by atoms with Crippen molar-refractivity contribution in [1.29, 1.82) is 0 Å². The van der Waals surface area contributed by atoms with E-state index in [1.165, 1.54) is 0 Å². The first-order valence-corrected chi connectivity index (χ1v) is 12.5. The first-order chi connectivity index (χ1) is 16.9. The molecule has 1 heterocycles. The summed E-state index contributed by atoms with van der Waals surface area (Å²) in [5, 5.41) is 2.84. The zero-order chi connectivity index (χ0) is 24.7. The van der Waals surface area contributed by atoms with Crippen molar-refractivity contribution in [3.8, 4) is 11.5 Å². The van der Waals surface area contributed by atoms with Gasteiger partial charge in [0.25, 0.3) is 5.91 Å².